The van der Waals surface area contributed by atoms with Crippen molar-refractivity contribution in [3.63, 3.8) is 0 Å². The van der Waals surface area contributed by atoms with Gasteiger partial charge in [0, 0.05) is 35.3 Å². The van der Waals surface area contributed by atoms with Gasteiger partial charge in [-0.2, -0.15) is 4.98 Å². The summed E-state index contributed by atoms with van der Waals surface area (Å²) < 4.78 is 21.9. The molecule has 2 N–H and O–H groups in total. The van der Waals surface area contributed by atoms with Crippen molar-refractivity contribution in [1.82, 2.24) is 9.97 Å². The minimum Gasteiger partial charge on any atom is -0.486 e. The van der Waals surface area contributed by atoms with Crippen LogP contribution in [-0.2, 0) is 0 Å². The quantitative estimate of drug-likeness (QED) is 0.709. The minimum absolute atomic E-state index is 0.239. The summed E-state index contributed by atoms with van der Waals surface area (Å²) in [4.78, 5) is 9.01. The van der Waals surface area contributed by atoms with Crippen LogP contribution < -0.4 is 29.6 Å². The molecule has 8 nitrogen and oxygen atoms in total. The molecule has 3 aromatic rings. The summed E-state index contributed by atoms with van der Waals surface area (Å²) in [5, 5.41) is 6.50. The second kappa shape index (κ2) is 6.80. The molecule has 28 heavy (non-hydrogen) atoms. The van der Waals surface area contributed by atoms with Gasteiger partial charge in [-0.3, -0.25) is 0 Å². The Labute approximate surface area is 161 Å². The van der Waals surface area contributed by atoms with Crippen LogP contribution in [-0.4, -0.2) is 30.0 Å². The fraction of sp³-hybridized carbons (Fsp3) is 0.200. The standard InChI is InChI=1S/C20H18N4O4/c1-12-8-19(22-13-2-4-15-17(9-13)26-7-6-25-15)24-20(21-12)23-14-3-5-16-18(10-14)28-11-27-16/h2-5,8-10H,6-7,11H2,1H3,(H2,21,22,23,24). The lowest BCUT2D eigenvalue weighted by Gasteiger charge is -2.19. The summed E-state index contributed by atoms with van der Waals surface area (Å²) >= 11 is 0. The molecular formula is C20H18N4O4. The third kappa shape index (κ3) is 3.32. The van der Waals surface area contributed by atoms with Gasteiger partial charge < -0.3 is 29.6 Å². The van der Waals surface area contributed by atoms with Crippen molar-refractivity contribution >= 4 is 23.1 Å². The number of aromatic nitrogens is 2. The lowest BCUT2D eigenvalue weighted by Crippen LogP contribution is -2.15. The van der Waals surface area contributed by atoms with Crippen LogP contribution >= 0.6 is 0 Å². The molecule has 2 aliphatic rings. The molecule has 2 aromatic carbocycles. The normalized spacial score (nSPS) is 13.9. The molecule has 3 heterocycles. The molecule has 0 fully saturated rings. The highest BCUT2D eigenvalue weighted by atomic mass is 16.7. The van der Waals surface area contributed by atoms with E-state index in [1.807, 2.05) is 49.4 Å². The van der Waals surface area contributed by atoms with Crippen molar-refractivity contribution in [3.05, 3.63) is 48.2 Å². The van der Waals surface area contributed by atoms with Gasteiger partial charge in [0.05, 0.1) is 0 Å². The zero-order valence-electron chi connectivity index (χ0n) is 15.2. The third-order valence-corrected chi connectivity index (χ3v) is 4.30. The van der Waals surface area contributed by atoms with Crippen molar-refractivity contribution in [2.45, 2.75) is 6.92 Å². The number of aryl methyl sites for hydroxylation is 1. The molecule has 5 rings (SSSR count). The molecule has 0 bridgehead atoms. The maximum atomic E-state index is 5.63. The van der Waals surface area contributed by atoms with Crippen LogP contribution in [0.3, 0.4) is 0 Å². The van der Waals surface area contributed by atoms with Crippen molar-refractivity contribution in [2.24, 2.45) is 0 Å². The van der Waals surface area contributed by atoms with E-state index < -0.39 is 0 Å². The molecule has 0 unspecified atom stereocenters. The smallest absolute Gasteiger partial charge is 0.231 e. The topological polar surface area (TPSA) is 86.8 Å². The first-order valence-electron chi connectivity index (χ1n) is 8.92. The van der Waals surface area contributed by atoms with E-state index in [-0.39, 0.29) is 6.79 Å². The van der Waals surface area contributed by atoms with E-state index in [4.69, 9.17) is 18.9 Å². The average molecular weight is 378 g/mol. The molecular weight excluding hydrogens is 360 g/mol. The Hall–Kier alpha value is -3.68. The molecule has 8 heteroatoms. The monoisotopic (exact) mass is 378 g/mol. The van der Waals surface area contributed by atoms with Crippen LogP contribution in [0.4, 0.5) is 23.1 Å². The Kier molecular flexibility index (Phi) is 4.01. The summed E-state index contributed by atoms with van der Waals surface area (Å²) in [6, 6.07) is 13.2. The van der Waals surface area contributed by atoms with Crippen LogP contribution in [0.1, 0.15) is 5.69 Å². The molecule has 2 aliphatic heterocycles. The summed E-state index contributed by atoms with van der Waals surface area (Å²) in [7, 11) is 0. The van der Waals surface area contributed by atoms with Crippen molar-refractivity contribution in [1.29, 1.82) is 0 Å². The molecule has 0 spiro atoms. The van der Waals surface area contributed by atoms with Crippen molar-refractivity contribution < 1.29 is 18.9 Å². The molecule has 0 amide bonds. The zero-order chi connectivity index (χ0) is 18.9. The Balaban J connectivity index is 1.37. The van der Waals surface area contributed by atoms with Gasteiger partial charge in [0.15, 0.2) is 23.0 Å². The lowest BCUT2D eigenvalue weighted by molar-refractivity contribution is 0.171. The Morgan fingerprint density at radius 2 is 1.36 bits per heavy atom. The Morgan fingerprint density at radius 3 is 2.18 bits per heavy atom. The van der Waals surface area contributed by atoms with Crippen LogP contribution in [0.5, 0.6) is 23.0 Å². The molecule has 0 aliphatic carbocycles. The van der Waals surface area contributed by atoms with Crippen molar-refractivity contribution in [2.75, 3.05) is 30.6 Å². The number of ether oxygens (including phenoxy) is 4. The molecule has 0 radical (unpaired) electrons. The first kappa shape index (κ1) is 16.5. The predicted molar refractivity (Wildman–Crippen MR) is 103 cm³/mol. The average Bonchev–Trinajstić information content (AvgIpc) is 3.15. The minimum atomic E-state index is 0.239. The van der Waals surface area contributed by atoms with Gasteiger partial charge in [0.25, 0.3) is 0 Å². The Morgan fingerprint density at radius 1 is 0.714 bits per heavy atom. The molecule has 1 aromatic heterocycles. The molecule has 0 saturated heterocycles. The predicted octanol–water partition coefficient (Wildman–Crippen LogP) is 3.77. The van der Waals surface area contributed by atoms with Gasteiger partial charge >= 0.3 is 0 Å². The highest BCUT2D eigenvalue weighted by molar-refractivity contribution is 5.64. The number of benzene rings is 2. The van der Waals surface area contributed by atoms with E-state index in [0.717, 1.165) is 34.3 Å². The van der Waals surface area contributed by atoms with Crippen LogP contribution in [0.25, 0.3) is 0 Å². The number of hydrogen-bond donors (Lipinski definition) is 2. The van der Waals surface area contributed by atoms with E-state index in [1.54, 1.807) is 0 Å². The van der Waals surface area contributed by atoms with Gasteiger partial charge in [-0.05, 0) is 31.2 Å². The fourth-order valence-electron chi connectivity index (χ4n) is 3.06. The highest BCUT2D eigenvalue weighted by Gasteiger charge is 2.15. The van der Waals surface area contributed by atoms with Gasteiger partial charge in [-0.25, -0.2) is 4.98 Å². The number of anilines is 4. The largest absolute Gasteiger partial charge is 0.486 e. The number of fused-ring (bicyclic) bond motifs is 2. The first-order chi connectivity index (χ1) is 13.7. The van der Waals surface area contributed by atoms with Gasteiger partial charge in [0.1, 0.15) is 19.0 Å². The SMILES string of the molecule is Cc1cc(Nc2ccc3c(c2)OCCO3)nc(Nc2ccc3c(c2)OCO3)n1. The van der Waals surface area contributed by atoms with Crippen molar-refractivity contribution in [3.8, 4) is 23.0 Å². The number of rotatable bonds is 4. The highest BCUT2D eigenvalue weighted by Crippen LogP contribution is 2.35. The third-order valence-electron chi connectivity index (χ3n) is 4.30. The number of nitrogens with one attached hydrogen (secondary N) is 2. The summed E-state index contributed by atoms with van der Waals surface area (Å²) in [6.45, 7) is 3.28. The van der Waals surface area contributed by atoms with E-state index in [0.29, 0.717) is 30.7 Å². The Bertz CT molecular complexity index is 1040. The lowest BCUT2D eigenvalue weighted by atomic mass is 10.2. The maximum absolute atomic E-state index is 5.63. The summed E-state index contributed by atoms with van der Waals surface area (Å²) in [5.41, 5.74) is 2.51. The second-order valence-electron chi connectivity index (χ2n) is 6.39. The fourth-order valence-corrected chi connectivity index (χ4v) is 3.06. The second-order valence-corrected chi connectivity index (χ2v) is 6.39. The number of nitrogens with zero attached hydrogens (tertiary/aromatic N) is 2. The molecule has 142 valence electrons. The summed E-state index contributed by atoms with van der Waals surface area (Å²) in [6.07, 6.45) is 0. The first-order valence-corrected chi connectivity index (χ1v) is 8.92. The zero-order valence-corrected chi connectivity index (χ0v) is 15.2. The number of hydrogen-bond acceptors (Lipinski definition) is 8. The van der Waals surface area contributed by atoms with E-state index in [1.165, 1.54) is 0 Å². The van der Waals surface area contributed by atoms with Crippen LogP contribution in [0, 0.1) is 6.92 Å². The maximum Gasteiger partial charge on any atom is 0.231 e. The van der Waals surface area contributed by atoms with Crippen LogP contribution in [0.2, 0.25) is 0 Å². The molecule has 0 atom stereocenters. The van der Waals surface area contributed by atoms with E-state index in [9.17, 15) is 0 Å². The van der Waals surface area contributed by atoms with Gasteiger partial charge in [-0.1, -0.05) is 0 Å². The van der Waals surface area contributed by atoms with E-state index in [2.05, 4.69) is 20.6 Å². The molecule has 0 saturated carbocycles. The van der Waals surface area contributed by atoms with E-state index >= 15 is 0 Å². The van der Waals surface area contributed by atoms with Crippen LogP contribution in [0.15, 0.2) is 42.5 Å². The summed E-state index contributed by atoms with van der Waals surface area (Å²) in [5.74, 6) is 4.07. The van der Waals surface area contributed by atoms with Gasteiger partial charge in [-0.15, -0.1) is 0 Å². The van der Waals surface area contributed by atoms with Gasteiger partial charge in [0.2, 0.25) is 12.7 Å².